The number of unbranched alkanes of at least 4 members (excludes halogenated alkanes) is 3. The first kappa shape index (κ1) is 16.3. The van der Waals surface area contributed by atoms with E-state index in [0.29, 0.717) is 12.8 Å². The monoisotopic (exact) mass is 290 g/mol. The molecule has 5 nitrogen and oxygen atoms in total. The molecule has 2 amide bonds. The Morgan fingerprint density at radius 2 is 1.84 bits per heavy atom. The van der Waals surface area contributed by atoms with Gasteiger partial charge in [0.2, 0.25) is 10.0 Å². The molecule has 0 aromatic rings. The molecule has 1 fully saturated rings. The molecular formula is C13H26N2O3S. The van der Waals surface area contributed by atoms with Gasteiger partial charge in [0, 0.05) is 5.54 Å². The highest BCUT2D eigenvalue weighted by molar-refractivity contribution is 7.90. The first-order valence-corrected chi connectivity index (χ1v) is 8.65. The Morgan fingerprint density at radius 1 is 1.21 bits per heavy atom. The molecule has 1 rings (SSSR count). The van der Waals surface area contributed by atoms with Gasteiger partial charge in [-0.25, -0.2) is 17.9 Å². The van der Waals surface area contributed by atoms with Crippen molar-refractivity contribution in [2.45, 2.75) is 76.5 Å². The third-order valence-electron chi connectivity index (χ3n) is 3.31. The molecule has 0 aromatic carbocycles. The minimum absolute atomic E-state index is 0.370. The van der Waals surface area contributed by atoms with Crippen LogP contribution >= 0.6 is 0 Å². The summed E-state index contributed by atoms with van der Waals surface area (Å²) >= 11 is 0. The Kier molecular flexibility index (Phi) is 5.64. The van der Waals surface area contributed by atoms with E-state index in [0.717, 1.165) is 19.3 Å². The lowest BCUT2D eigenvalue weighted by Gasteiger charge is -2.26. The summed E-state index contributed by atoms with van der Waals surface area (Å²) in [5.41, 5.74) is -0.378. The molecule has 0 spiro atoms. The zero-order valence-electron chi connectivity index (χ0n) is 12.2. The summed E-state index contributed by atoms with van der Waals surface area (Å²) in [6.07, 6.45) is 6.71. The van der Waals surface area contributed by atoms with Gasteiger partial charge >= 0.3 is 6.03 Å². The van der Waals surface area contributed by atoms with Crippen molar-refractivity contribution in [3.8, 4) is 0 Å². The van der Waals surface area contributed by atoms with Crippen molar-refractivity contribution in [2.24, 2.45) is 0 Å². The molecule has 0 heterocycles. The highest BCUT2D eigenvalue weighted by Crippen LogP contribution is 2.27. The molecule has 112 valence electrons. The highest BCUT2D eigenvalue weighted by Gasteiger charge is 2.37. The lowest BCUT2D eigenvalue weighted by atomic mass is 9.96. The van der Waals surface area contributed by atoms with Crippen molar-refractivity contribution in [3.05, 3.63) is 0 Å². The molecule has 1 aliphatic rings. The summed E-state index contributed by atoms with van der Waals surface area (Å²) in [5.74, 6) is 0. The first-order chi connectivity index (χ1) is 8.77. The quantitative estimate of drug-likeness (QED) is 0.674. The molecule has 2 N–H and O–H groups in total. The standard InChI is InChI=1S/C13H26N2O3S/c1-4-5-6-7-10-13(2,3)14-12(16)15-19(17,18)11-8-9-11/h11H,4-10H2,1-3H3,(H2,14,15,16). The molecule has 1 saturated carbocycles. The molecular weight excluding hydrogens is 264 g/mol. The predicted octanol–water partition coefficient (Wildman–Crippen LogP) is 2.53. The predicted molar refractivity (Wildman–Crippen MR) is 76.4 cm³/mol. The number of sulfonamides is 1. The van der Waals surface area contributed by atoms with E-state index in [1.807, 2.05) is 13.8 Å². The zero-order chi connectivity index (χ0) is 14.5. The van der Waals surface area contributed by atoms with Gasteiger partial charge in [0.25, 0.3) is 0 Å². The Bertz CT molecular complexity index is 400. The third kappa shape index (κ3) is 6.27. The van der Waals surface area contributed by atoms with Gasteiger partial charge in [0.05, 0.1) is 5.25 Å². The van der Waals surface area contributed by atoms with E-state index in [-0.39, 0.29) is 10.8 Å². The van der Waals surface area contributed by atoms with Crippen LogP contribution in [0.25, 0.3) is 0 Å². The lowest BCUT2D eigenvalue weighted by molar-refractivity contribution is 0.232. The van der Waals surface area contributed by atoms with E-state index in [2.05, 4.69) is 17.0 Å². The molecule has 6 heteroatoms. The van der Waals surface area contributed by atoms with Crippen LogP contribution in [0.3, 0.4) is 0 Å². The topological polar surface area (TPSA) is 75.3 Å². The summed E-state index contributed by atoms with van der Waals surface area (Å²) in [6, 6.07) is -0.604. The maximum Gasteiger partial charge on any atom is 0.328 e. The maximum absolute atomic E-state index is 11.7. The third-order valence-corrected chi connectivity index (χ3v) is 5.12. The molecule has 0 atom stereocenters. The van der Waals surface area contributed by atoms with Crippen molar-refractivity contribution in [2.75, 3.05) is 0 Å². The fraction of sp³-hybridized carbons (Fsp3) is 0.923. The van der Waals surface area contributed by atoms with Crippen LogP contribution in [-0.2, 0) is 10.0 Å². The highest BCUT2D eigenvalue weighted by atomic mass is 32.2. The first-order valence-electron chi connectivity index (χ1n) is 7.10. The number of urea groups is 1. The maximum atomic E-state index is 11.7. The Morgan fingerprint density at radius 3 is 2.37 bits per heavy atom. The van der Waals surface area contributed by atoms with E-state index in [9.17, 15) is 13.2 Å². The van der Waals surface area contributed by atoms with E-state index in [1.165, 1.54) is 12.8 Å². The van der Waals surface area contributed by atoms with Gasteiger partial charge in [-0.2, -0.15) is 0 Å². The summed E-state index contributed by atoms with van der Waals surface area (Å²) < 4.78 is 25.3. The van der Waals surface area contributed by atoms with Gasteiger partial charge in [0.1, 0.15) is 0 Å². The van der Waals surface area contributed by atoms with E-state index in [1.54, 1.807) is 0 Å². The smallest absolute Gasteiger partial charge is 0.328 e. The summed E-state index contributed by atoms with van der Waals surface area (Å²) in [6.45, 7) is 5.99. The van der Waals surface area contributed by atoms with Gasteiger partial charge in [-0.3, -0.25) is 0 Å². The SMILES string of the molecule is CCCCCCC(C)(C)NC(=O)NS(=O)(=O)C1CC1. The molecule has 0 aromatic heterocycles. The van der Waals surface area contributed by atoms with Crippen LogP contribution in [0, 0.1) is 0 Å². The number of hydrogen-bond acceptors (Lipinski definition) is 3. The Balaban J connectivity index is 2.33. The second-order valence-corrected chi connectivity index (χ2v) is 7.96. The van der Waals surface area contributed by atoms with E-state index in [4.69, 9.17) is 0 Å². The summed E-state index contributed by atoms with van der Waals surface area (Å²) in [7, 11) is -3.45. The number of carbonyl (C=O) groups is 1. The molecule has 1 aliphatic carbocycles. The number of amides is 2. The number of rotatable bonds is 8. The largest absolute Gasteiger partial charge is 0.332 e. The minimum atomic E-state index is -3.45. The zero-order valence-corrected chi connectivity index (χ0v) is 13.0. The lowest BCUT2D eigenvalue weighted by Crippen LogP contribution is -2.50. The van der Waals surface area contributed by atoms with Crippen LogP contribution in [-0.4, -0.2) is 25.2 Å². The second kappa shape index (κ2) is 6.59. The Labute approximate surface area is 116 Å². The molecule has 0 aliphatic heterocycles. The molecule has 0 bridgehead atoms. The van der Waals surface area contributed by atoms with Crippen LogP contribution in [0.4, 0.5) is 4.79 Å². The van der Waals surface area contributed by atoms with Crippen LogP contribution < -0.4 is 10.0 Å². The van der Waals surface area contributed by atoms with E-state index >= 15 is 0 Å². The molecule has 0 radical (unpaired) electrons. The number of carbonyl (C=O) groups excluding carboxylic acids is 1. The molecule has 0 unspecified atom stereocenters. The van der Waals surface area contributed by atoms with Crippen LogP contribution in [0.1, 0.15) is 65.7 Å². The van der Waals surface area contributed by atoms with Crippen LogP contribution in [0.2, 0.25) is 0 Å². The second-order valence-electron chi connectivity index (χ2n) is 6.00. The number of hydrogen-bond donors (Lipinski definition) is 2. The fourth-order valence-electron chi connectivity index (χ4n) is 1.98. The van der Waals surface area contributed by atoms with Crippen molar-refractivity contribution in [1.82, 2.24) is 10.0 Å². The van der Waals surface area contributed by atoms with Crippen LogP contribution in [0.5, 0.6) is 0 Å². The molecule has 19 heavy (non-hydrogen) atoms. The van der Waals surface area contributed by atoms with Crippen molar-refractivity contribution < 1.29 is 13.2 Å². The number of nitrogens with one attached hydrogen (secondary N) is 2. The average molecular weight is 290 g/mol. The fourth-order valence-corrected chi connectivity index (χ4v) is 3.21. The summed E-state index contributed by atoms with van der Waals surface area (Å²) in [5, 5.41) is 2.37. The van der Waals surface area contributed by atoms with E-state index < -0.39 is 16.1 Å². The van der Waals surface area contributed by atoms with Crippen molar-refractivity contribution >= 4 is 16.1 Å². The minimum Gasteiger partial charge on any atom is -0.332 e. The normalized spacial score (nSPS) is 16.2. The van der Waals surface area contributed by atoms with Gasteiger partial charge in [0.15, 0.2) is 0 Å². The van der Waals surface area contributed by atoms with Gasteiger partial charge in [-0.1, -0.05) is 32.6 Å². The summed E-state index contributed by atoms with van der Waals surface area (Å²) in [4.78, 5) is 11.7. The van der Waals surface area contributed by atoms with Crippen molar-refractivity contribution in [3.63, 3.8) is 0 Å². The van der Waals surface area contributed by atoms with Crippen LogP contribution in [0.15, 0.2) is 0 Å². The average Bonchev–Trinajstić information content (AvgIpc) is 3.06. The Hall–Kier alpha value is -0.780. The van der Waals surface area contributed by atoms with Gasteiger partial charge in [-0.05, 0) is 33.1 Å². The van der Waals surface area contributed by atoms with Gasteiger partial charge < -0.3 is 5.32 Å². The molecule has 0 saturated heterocycles. The van der Waals surface area contributed by atoms with Crippen molar-refractivity contribution in [1.29, 1.82) is 0 Å². The van der Waals surface area contributed by atoms with Gasteiger partial charge in [-0.15, -0.1) is 0 Å².